The first-order valence-electron chi connectivity index (χ1n) is 10.0. The van der Waals surface area contributed by atoms with E-state index in [1.807, 2.05) is 11.8 Å². The molecule has 0 spiro atoms. The van der Waals surface area contributed by atoms with E-state index in [-0.39, 0.29) is 29.3 Å². The van der Waals surface area contributed by atoms with Gasteiger partial charge in [-0.2, -0.15) is 4.31 Å². The molecule has 2 aliphatic heterocycles. The number of likely N-dealkylation sites (tertiary alicyclic amines) is 1. The van der Waals surface area contributed by atoms with Crippen molar-refractivity contribution in [1.29, 1.82) is 0 Å². The van der Waals surface area contributed by atoms with Crippen molar-refractivity contribution in [2.24, 2.45) is 11.7 Å². The van der Waals surface area contributed by atoms with E-state index >= 15 is 0 Å². The highest BCUT2D eigenvalue weighted by Crippen LogP contribution is 2.24. The molecule has 2 saturated heterocycles. The van der Waals surface area contributed by atoms with Crippen molar-refractivity contribution in [1.82, 2.24) is 9.21 Å². The summed E-state index contributed by atoms with van der Waals surface area (Å²) >= 11 is 0. The number of benzene rings is 1. The van der Waals surface area contributed by atoms with Gasteiger partial charge in [-0.05, 0) is 56.7 Å². The fourth-order valence-electron chi connectivity index (χ4n) is 4.03. The summed E-state index contributed by atoms with van der Waals surface area (Å²) in [6, 6.07) is 6.57. The minimum atomic E-state index is -3.55. The van der Waals surface area contributed by atoms with Gasteiger partial charge in [-0.1, -0.05) is 18.9 Å². The monoisotopic (exact) mass is 429 g/mol. The van der Waals surface area contributed by atoms with Crippen LogP contribution in [0.25, 0.3) is 0 Å². The van der Waals surface area contributed by atoms with Crippen LogP contribution in [0.3, 0.4) is 0 Å². The molecular formula is C20H32ClN3O3S. The Hall–Kier alpha value is -1.15. The van der Waals surface area contributed by atoms with Gasteiger partial charge in [0.15, 0.2) is 0 Å². The lowest BCUT2D eigenvalue weighted by molar-refractivity contribution is 0.0660. The van der Waals surface area contributed by atoms with E-state index in [0.717, 1.165) is 38.5 Å². The van der Waals surface area contributed by atoms with E-state index in [9.17, 15) is 13.2 Å². The molecular weight excluding hydrogens is 398 g/mol. The number of nitrogens with two attached hydrogens (primary N) is 1. The van der Waals surface area contributed by atoms with Gasteiger partial charge in [0, 0.05) is 37.8 Å². The number of carbonyl (C=O) groups excluding carboxylic acids is 1. The molecule has 2 heterocycles. The van der Waals surface area contributed by atoms with E-state index in [2.05, 4.69) is 0 Å². The van der Waals surface area contributed by atoms with Gasteiger partial charge in [-0.3, -0.25) is 4.79 Å². The summed E-state index contributed by atoms with van der Waals surface area (Å²) in [4.78, 5) is 15.0. The molecule has 1 amide bonds. The van der Waals surface area contributed by atoms with E-state index in [1.165, 1.54) is 6.07 Å². The highest BCUT2D eigenvalue weighted by molar-refractivity contribution is 7.89. The Morgan fingerprint density at radius 1 is 1.11 bits per heavy atom. The summed E-state index contributed by atoms with van der Waals surface area (Å²) in [6.45, 7) is 4.43. The normalized spacial score (nSPS) is 22.8. The van der Waals surface area contributed by atoms with E-state index in [4.69, 9.17) is 5.73 Å². The first kappa shape index (κ1) is 23.1. The third kappa shape index (κ3) is 5.26. The summed E-state index contributed by atoms with van der Waals surface area (Å²) in [6.07, 6.45) is 5.89. The lowest BCUT2D eigenvalue weighted by atomic mass is 9.92. The predicted octanol–water partition coefficient (Wildman–Crippen LogP) is 2.87. The zero-order chi connectivity index (χ0) is 19.4. The smallest absolute Gasteiger partial charge is 0.253 e. The number of carbonyl (C=O) groups is 1. The van der Waals surface area contributed by atoms with Crippen LogP contribution in [0.15, 0.2) is 29.2 Å². The average molecular weight is 430 g/mol. The van der Waals surface area contributed by atoms with E-state index in [1.54, 1.807) is 22.5 Å². The van der Waals surface area contributed by atoms with Crippen molar-refractivity contribution >= 4 is 28.3 Å². The standard InChI is InChI=1S/C20H31N3O3S.ClH/c1-16(21)18-9-7-11-22(15-18)20(24)17-8-6-10-19(14-17)27(25,26)23-12-4-2-3-5-13-23;/h6,8,10,14,16,18H,2-5,7,9,11-13,15,21H2,1H3;1H. The topological polar surface area (TPSA) is 83.7 Å². The number of piperidine rings is 1. The SMILES string of the molecule is CC(N)C1CCCN(C(=O)c2cccc(S(=O)(=O)N3CCCCCC3)c2)C1.Cl. The van der Waals surface area contributed by atoms with Crippen molar-refractivity contribution < 1.29 is 13.2 Å². The fraction of sp³-hybridized carbons (Fsp3) is 0.650. The summed E-state index contributed by atoms with van der Waals surface area (Å²) in [7, 11) is -3.55. The second-order valence-corrected chi connectivity index (χ2v) is 9.80. The molecule has 0 saturated carbocycles. The van der Waals surface area contributed by atoms with Gasteiger partial charge in [0.05, 0.1) is 4.90 Å². The maximum atomic E-state index is 13.0. The molecule has 2 unspecified atom stereocenters. The minimum Gasteiger partial charge on any atom is -0.338 e. The lowest BCUT2D eigenvalue weighted by Crippen LogP contribution is -2.45. The Morgan fingerprint density at radius 3 is 2.43 bits per heavy atom. The molecule has 8 heteroatoms. The summed E-state index contributed by atoms with van der Waals surface area (Å²) < 4.78 is 27.6. The number of sulfonamides is 1. The number of hydrogen-bond donors (Lipinski definition) is 1. The Labute approximate surface area is 174 Å². The number of halogens is 1. The predicted molar refractivity (Wildman–Crippen MR) is 113 cm³/mol. The Morgan fingerprint density at radius 2 is 1.79 bits per heavy atom. The number of hydrogen-bond acceptors (Lipinski definition) is 4. The minimum absolute atomic E-state index is 0. The number of amides is 1. The maximum Gasteiger partial charge on any atom is 0.253 e. The van der Waals surface area contributed by atoms with Gasteiger partial charge in [-0.25, -0.2) is 8.42 Å². The molecule has 3 rings (SSSR count). The molecule has 2 fully saturated rings. The van der Waals surface area contributed by atoms with E-state index in [0.29, 0.717) is 37.7 Å². The fourth-order valence-corrected chi connectivity index (χ4v) is 5.59. The van der Waals surface area contributed by atoms with Gasteiger partial charge in [0.25, 0.3) is 5.91 Å². The molecule has 2 N–H and O–H groups in total. The highest BCUT2D eigenvalue weighted by Gasteiger charge is 2.29. The molecule has 0 aliphatic carbocycles. The zero-order valence-corrected chi connectivity index (χ0v) is 18.2. The Bertz CT molecular complexity index is 762. The molecule has 158 valence electrons. The average Bonchev–Trinajstić information content (AvgIpc) is 2.97. The second kappa shape index (κ2) is 10.1. The van der Waals surface area contributed by atoms with E-state index < -0.39 is 10.0 Å². The molecule has 28 heavy (non-hydrogen) atoms. The number of rotatable bonds is 4. The van der Waals surface area contributed by atoms with Crippen molar-refractivity contribution in [2.75, 3.05) is 26.2 Å². The molecule has 2 atom stereocenters. The van der Waals surface area contributed by atoms with Crippen molar-refractivity contribution in [2.45, 2.75) is 56.4 Å². The molecule has 6 nitrogen and oxygen atoms in total. The molecule has 1 aromatic carbocycles. The van der Waals surface area contributed by atoms with Crippen LogP contribution in [-0.4, -0.2) is 55.8 Å². The first-order valence-corrected chi connectivity index (χ1v) is 11.5. The van der Waals surface area contributed by atoms with Crippen molar-refractivity contribution in [3.63, 3.8) is 0 Å². The third-order valence-corrected chi connectivity index (χ3v) is 7.67. The van der Waals surface area contributed by atoms with Crippen LogP contribution in [0.5, 0.6) is 0 Å². The van der Waals surface area contributed by atoms with Crippen LogP contribution < -0.4 is 5.73 Å². The third-order valence-electron chi connectivity index (χ3n) is 5.77. The highest BCUT2D eigenvalue weighted by atomic mass is 35.5. The van der Waals surface area contributed by atoms with Crippen LogP contribution >= 0.6 is 12.4 Å². The summed E-state index contributed by atoms with van der Waals surface area (Å²) in [5.41, 5.74) is 6.46. The lowest BCUT2D eigenvalue weighted by Gasteiger charge is -2.34. The largest absolute Gasteiger partial charge is 0.338 e. The summed E-state index contributed by atoms with van der Waals surface area (Å²) in [5, 5.41) is 0. The molecule has 0 bridgehead atoms. The zero-order valence-electron chi connectivity index (χ0n) is 16.5. The van der Waals surface area contributed by atoms with Crippen LogP contribution in [0, 0.1) is 5.92 Å². The van der Waals surface area contributed by atoms with Gasteiger partial charge in [0.2, 0.25) is 10.0 Å². The van der Waals surface area contributed by atoms with Gasteiger partial charge >= 0.3 is 0 Å². The Kier molecular flexibility index (Phi) is 8.30. The van der Waals surface area contributed by atoms with Crippen LogP contribution in [0.2, 0.25) is 0 Å². The maximum absolute atomic E-state index is 13.0. The molecule has 1 aromatic rings. The molecule has 0 aromatic heterocycles. The number of nitrogens with zero attached hydrogens (tertiary/aromatic N) is 2. The van der Waals surface area contributed by atoms with Crippen molar-refractivity contribution in [3.05, 3.63) is 29.8 Å². The van der Waals surface area contributed by atoms with Gasteiger partial charge in [-0.15, -0.1) is 12.4 Å². The molecule has 2 aliphatic rings. The van der Waals surface area contributed by atoms with Gasteiger partial charge in [0.1, 0.15) is 0 Å². The molecule has 0 radical (unpaired) electrons. The van der Waals surface area contributed by atoms with Crippen molar-refractivity contribution in [3.8, 4) is 0 Å². The second-order valence-electron chi connectivity index (χ2n) is 7.86. The van der Waals surface area contributed by atoms with Crippen LogP contribution in [-0.2, 0) is 10.0 Å². The quantitative estimate of drug-likeness (QED) is 0.797. The first-order chi connectivity index (χ1) is 12.9. The van der Waals surface area contributed by atoms with Crippen LogP contribution in [0.4, 0.5) is 0 Å². The summed E-state index contributed by atoms with van der Waals surface area (Å²) in [5.74, 6) is 0.194. The van der Waals surface area contributed by atoms with Gasteiger partial charge < -0.3 is 10.6 Å². The van der Waals surface area contributed by atoms with Crippen LogP contribution in [0.1, 0.15) is 55.8 Å². The Balaban J connectivity index is 0.00000280.